The maximum atomic E-state index is 12.0. The Labute approximate surface area is 144 Å². The second kappa shape index (κ2) is 7.53. The molecule has 1 aromatic carbocycles. The first-order chi connectivity index (χ1) is 11.9. The number of esters is 1. The van der Waals surface area contributed by atoms with Crippen molar-refractivity contribution in [2.75, 3.05) is 6.61 Å². The second-order valence-electron chi connectivity index (χ2n) is 5.89. The van der Waals surface area contributed by atoms with Crippen molar-refractivity contribution >= 4 is 11.9 Å². The Hall–Kier alpha value is -3.28. The standard InChI is InChI=1S/C16H18N6O3/c1-11(2)16(3,9-17)19-14(23)8-25-15(24)12-4-6-13(7-5-12)22-10-18-20-21-22/h4-7,10-11H,8H2,1-3H3,(H,19,23)/t16-/m1/s1. The molecule has 0 unspecified atom stereocenters. The highest BCUT2D eigenvalue weighted by molar-refractivity contribution is 5.91. The Morgan fingerprint density at radius 3 is 2.56 bits per heavy atom. The van der Waals surface area contributed by atoms with Crippen LogP contribution in [0.4, 0.5) is 0 Å². The maximum Gasteiger partial charge on any atom is 0.338 e. The van der Waals surface area contributed by atoms with Crippen LogP contribution < -0.4 is 5.32 Å². The summed E-state index contributed by atoms with van der Waals surface area (Å²) < 4.78 is 6.42. The van der Waals surface area contributed by atoms with Crippen LogP contribution in [0.25, 0.3) is 5.69 Å². The number of nitriles is 1. The fraction of sp³-hybridized carbons (Fsp3) is 0.375. The molecule has 2 aromatic rings. The Morgan fingerprint density at radius 2 is 2.04 bits per heavy atom. The van der Waals surface area contributed by atoms with Crippen LogP contribution in [0.2, 0.25) is 0 Å². The van der Waals surface area contributed by atoms with E-state index in [1.54, 1.807) is 31.2 Å². The number of ether oxygens (including phenoxy) is 1. The first-order valence-corrected chi connectivity index (χ1v) is 7.58. The number of nitrogens with zero attached hydrogens (tertiary/aromatic N) is 5. The Bertz CT molecular complexity index is 779. The summed E-state index contributed by atoms with van der Waals surface area (Å²) in [6.45, 7) is 4.80. The lowest BCUT2D eigenvalue weighted by atomic mass is 9.90. The van der Waals surface area contributed by atoms with E-state index in [2.05, 4.69) is 26.9 Å². The Morgan fingerprint density at radius 1 is 1.36 bits per heavy atom. The predicted molar refractivity (Wildman–Crippen MR) is 86.4 cm³/mol. The number of hydrogen-bond acceptors (Lipinski definition) is 7. The highest BCUT2D eigenvalue weighted by atomic mass is 16.5. The lowest BCUT2D eigenvalue weighted by Crippen LogP contribution is -2.50. The largest absolute Gasteiger partial charge is 0.452 e. The molecule has 0 saturated carbocycles. The lowest BCUT2D eigenvalue weighted by Gasteiger charge is -2.27. The predicted octanol–water partition coefficient (Wildman–Crippen LogP) is 0.874. The summed E-state index contributed by atoms with van der Waals surface area (Å²) in [4.78, 5) is 23.9. The van der Waals surface area contributed by atoms with E-state index in [1.807, 2.05) is 13.8 Å². The number of benzene rings is 1. The summed E-state index contributed by atoms with van der Waals surface area (Å²) in [5.41, 5.74) is -0.0469. The van der Waals surface area contributed by atoms with Crippen molar-refractivity contribution in [3.05, 3.63) is 36.2 Å². The van der Waals surface area contributed by atoms with E-state index in [0.717, 1.165) is 0 Å². The van der Waals surface area contributed by atoms with Crippen LogP contribution in [-0.4, -0.2) is 44.2 Å². The van der Waals surface area contributed by atoms with E-state index < -0.39 is 24.0 Å². The average Bonchev–Trinajstić information content (AvgIpc) is 3.14. The molecule has 0 aliphatic rings. The first kappa shape index (κ1) is 18.1. The van der Waals surface area contributed by atoms with Gasteiger partial charge in [0.05, 0.1) is 17.3 Å². The molecule has 1 amide bonds. The van der Waals surface area contributed by atoms with Crippen molar-refractivity contribution in [2.24, 2.45) is 5.92 Å². The molecular weight excluding hydrogens is 324 g/mol. The van der Waals surface area contributed by atoms with Crippen LogP contribution in [0, 0.1) is 17.2 Å². The topological polar surface area (TPSA) is 123 Å². The molecule has 0 radical (unpaired) electrons. The molecule has 0 aliphatic carbocycles. The number of hydrogen-bond donors (Lipinski definition) is 1. The Balaban J connectivity index is 1.92. The summed E-state index contributed by atoms with van der Waals surface area (Å²) in [6, 6.07) is 8.45. The molecule has 0 spiro atoms. The van der Waals surface area contributed by atoms with Crippen LogP contribution in [0.5, 0.6) is 0 Å². The third-order valence-corrected chi connectivity index (χ3v) is 3.84. The number of carbonyl (C=O) groups excluding carboxylic acids is 2. The fourth-order valence-electron chi connectivity index (χ4n) is 1.87. The van der Waals surface area contributed by atoms with Gasteiger partial charge >= 0.3 is 5.97 Å². The third kappa shape index (κ3) is 4.38. The minimum absolute atomic E-state index is 0.0871. The molecular formula is C16H18N6O3. The molecule has 130 valence electrons. The highest BCUT2D eigenvalue weighted by Crippen LogP contribution is 2.15. The normalized spacial score (nSPS) is 12.9. The summed E-state index contributed by atoms with van der Waals surface area (Å²) in [5, 5.41) is 22.5. The lowest BCUT2D eigenvalue weighted by molar-refractivity contribution is -0.125. The van der Waals surface area contributed by atoms with Gasteiger partial charge in [-0.15, -0.1) is 5.10 Å². The molecule has 9 nitrogen and oxygen atoms in total. The molecule has 0 aliphatic heterocycles. The van der Waals surface area contributed by atoms with E-state index in [4.69, 9.17) is 4.74 Å². The molecule has 1 heterocycles. The number of aromatic nitrogens is 4. The number of amides is 1. The number of rotatable bonds is 6. The molecule has 0 saturated heterocycles. The number of nitrogens with one attached hydrogen (secondary N) is 1. The van der Waals surface area contributed by atoms with Crippen molar-refractivity contribution in [1.82, 2.24) is 25.5 Å². The molecule has 1 atom stereocenters. The van der Waals surface area contributed by atoms with Gasteiger partial charge in [-0.05, 0) is 47.5 Å². The highest BCUT2D eigenvalue weighted by Gasteiger charge is 2.30. The van der Waals surface area contributed by atoms with Crippen LogP contribution in [0.3, 0.4) is 0 Å². The quantitative estimate of drug-likeness (QED) is 0.773. The van der Waals surface area contributed by atoms with Crippen LogP contribution in [0.1, 0.15) is 31.1 Å². The third-order valence-electron chi connectivity index (χ3n) is 3.84. The van der Waals surface area contributed by atoms with E-state index in [0.29, 0.717) is 5.69 Å². The molecule has 1 N–H and O–H groups in total. The molecule has 9 heteroatoms. The van der Waals surface area contributed by atoms with Crippen LogP contribution in [-0.2, 0) is 9.53 Å². The summed E-state index contributed by atoms with van der Waals surface area (Å²) >= 11 is 0. The van der Waals surface area contributed by atoms with Gasteiger partial charge < -0.3 is 10.1 Å². The van der Waals surface area contributed by atoms with Crippen molar-refractivity contribution in [1.29, 1.82) is 5.26 Å². The summed E-state index contributed by atoms with van der Waals surface area (Å²) in [7, 11) is 0. The molecule has 0 fully saturated rings. The summed E-state index contributed by atoms with van der Waals surface area (Å²) in [6.07, 6.45) is 1.43. The van der Waals surface area contributed by atoms with E-state index in [-0.39, 0.29) is 11.5 Å². The molecule has 25 heavy (non-hydrogen) atoms. The first-order valence-electron chi connectivity index (χ1n) is 7.58. The second-order valence-corrected chi connectivity index (χ2v) is 5.89. The molecule has 1 aromatic heterocycles. The smallest absolute Gasteiger partial charge is 0.338 e. The average molecular weight is 342 g/mol. The van der Waals surface area contributed by atoms with Gasteiger partial charge in [0, 0.05) is 0 Å². The van der Waals surface area contributed by atoms with E-state index in [9.17, 15) is 14.9 Å². The van der Waals surface area contributed by atoms with Gasteiger partial charge in [-0.2, -0.15) is 5.26 Å². The summed E-state index contributed by atoms with van der Waals surface area (Å²) in [5.74, 6) is -1.26. The van der Waals surface area contributed by atoms with Gasteiger partial charge in [-0.3, -0.25) is 4.79 Å². The SMILES string of the molecule is CC(C)[C@@](C)(C#N)NC(=O)COC(=O)c1ccc(-n2cnnn2)cc1. The number of tetrazole rings is 1. The zero-order chi connectivity index (χ0) is 18.4. The monoisotopic (exact) mass is 342 g/mol. The molecule has 0 bridgehead atoms. The van der Waals surface area contributed by atoms with E-state index >= 15 is 0 Å². The van der Waals surface area contributed by atoms with Gasteiger partial charge in [0.2, 0.25) is 0 Å². The van der Waals surface area contributed by atoms with Gasteiger partial charge in [-0.25, -0.2) is 9.48 Å². The van der Waals surface area contributed by atoms with Crippen molar-refractivity contribution in [2.45, 2.75) is 26.3 Å². The van der Waals surface area contributed by atoms with E-state index in [1.165, 1.54) is 11.0 Å². The molecule has 2 rings (SSSR count). The van der Waals surface area contributed by atoms with Gasteiger partial charge in [0.15, 0.2) is 6.61 Å². The van der Waals surface area contributed by atoms with Crippen molar-refractivity contribution < 1.29 is 14.3 Å². The number of carbonyl (C=O) groups is 2. The Kier molecular flexibility index (Phi) is 5.44. The minimum Gasteiger partial charge on any atom is -0.452 e. The zero-order valence-corrected chi connectivity index (χ0v) is 14.1. The van der Waals surface area contributed by atoms with Crippen molar-refractivity contribution in [3.8, 4) is 11.8 Å². The fourth-order valence-corrected chi connectivity index (χ4v) is 1.87. The van der Waals surface area contributed by atoms with Gasteiger partial charge in [0.25, 0.3) is 5.91 Å². The van der Waals surface area contributed by atoms with Gasteiger partial charge in [-0.1, -0.05) is 13.8 Å². The van der Waals surface area contributed by atoms with Crippen LogP contribution >= 0.6 is 0 Å². The van der Waals surface area contributed by atoms with Crippen LogP contribution in [0.15, 0.2) is 30.6 Å². The zero-order valence-electron chi connectivity index (χ0n) is 14.1. The van der Waals surface area contributed by atoms with Crippen molar-refractivity contribution in [3.63, 3.8) is 0 Å². The van der Waals surface area contributed by atoms with Gasteiger partial charge in [0.1, 0.15) is 11.9 Å². The minimum atomic E-state index is -1.02. The maximum absolute atomic E-state index is 12.0.